The zero-order chi connectivity index (χ0) is 14.9. The first-order valence-electron chi connectivity index (χ1n) is 5.92. The van der Waals surface area contributed by atoms with Gasteiger partial charge in [0, 0.05) is 20.2 Å². The van der Waals surface area contributed by atoms with Crippen molar-refractivity contribution in [1.82, 2.24) is 4.31 Å². The first-order chi connectivity index (χ1) is 9.36. The van der Waals surface area contributed by atoms with Gasteiger partial charge in [0.25, 0.3) is 0 Å². The van der Waals surface area contributed by atoms with Gasteiger partial charge in [-0.25, -0.2) is 17.6 Å². The van der Waals surface area contributed by atoms with Gasteiger partial charge >= 0.3 is 5.97 Å². The van der Waals surface area contributed by atoms with Crippen molar-refractivity contribution in [2.45, 2.75) is 17.4 Å². The Hall–Kier alpha value is -1.51. The zero-order valence-corrected chi connectivity index (χ0v) is 11.6. The molecule has 1 aromatic carbocycles. The average Bonchev–Trinajstić information content (AvgIpc) is 2.87. The molecular weight excluding hydrogens is 289 g/mol. The molecule has 0 spiro atoms. The standard InChI is InChI=1S/C12H14FNO5S/c1-19-9-4-5-14(7-9)20(17,18)11-3-2-8(12(15)16)6-10(11)13/h2-3,6,9H,4-5,7H2,1H3,(H,15,16). The van der Waals surface area contributed by atoms with Gasteiger partial charge in [0.1, 0.15) is 10.7 Å². The second-order valence-electron chi connectivity index (χ2n) is 4.46. The molecule has 0 aliphatic carbocycles. The number of nitrogens with zero attached hydrogens (tertiary/aromatic N) is 1. The molecule has 1 heterocycles. The van der Waals surface area contributed by atoms with E-state index < -0.39 is 26.7 Å². The molecule has 8 heteroatoms. The van der Waals surface area contributed by atoms with E-state index in [-0.39, 0.29) is 24.8 Å². The van der Waals surface area contributed by atoms with Gasteiger partial charge in [-0.3, -0.25) is 0 Å². The van der Waals surface area contributed by atoms with E-state index in [0.29, 0.717) is 12.5 Å². The minimum atomic E-state index is -3.97. The van der Waals surface area contributed by atoms with Crippen LogP contribution in [-0.2, 0) is 14.8 Å². The number of rotatable bonds is 4. The molecule has 1 atom stereocenters. The molecule has 1 saturated heterocycles. The number of carboxylic acids is 1. The minimum absolute atomic E-state index is 0.166. The Kier molecular flexibility index (Phi) is 4.07. The number of halogens is 1. The number of hydrogen-bond donors (Lipinski definition) is 1. The van der Waals surface area contributed by atoms with E-state index in [1.54, 1.807) is 0 Å². The number of benzene rings is 1. The van der Waals surface area contributed by atoms with Gasteiger partial charge in [0.15, 0.2) is 0 Å². The van der Waals surface area contributed by atoms with Crippen LogP contribution in [0.15, 0.2) is 23.1 Å². The largest absolute Gasteiger partial charge is 0.478 e. The summed E-state index contributed by atoms with van der Waals surface area (Å²) in [5, 5.41) is 8.74. The maximum atomic E-state index is 13.8. The van der Waals surface area contributed by atoms with E-state index in [4.69, 9.17) is 9.84 Å². The summed E-state index contributed by atoms with van der Waals surface area (Å²) in [4.78, 5) is 10.2. The number of ether oxygens (including phenoxy) is 1. The second-order valence-corrected chi connectivity index (χ2v) is 6.37. The quantitative estimate of drug-likeness (QED) is 0.894. The fourth-order valence-electron chi connectivity index (χ4n) is 2.09. The number of carbonyl (C=O) groups is 1. The Balaban J connectivity index is 2.33. The van der Waals surface area contributed by atoms with Crippen LogP contribution in [-0.4, -0.2) is 50.1 Å². The van der Waals surface area contributed by atoms with Crippen LogP contribution in [0.25, 0.3) is 0 Å². The number of sulfonamides is 1. The van der Waals surface area contributed by atoms with Crippen molar-refractivity contribution in [3.63, 3.8) is 0 Å². The molecule has 1 unspecified atom stereocenters. The number of methoxy groups -OCH3 is 1. The Morgan fingerprint density at radius 3 is 2.70 bits per heavy atom. The second kappa shape index (κ2) is 5.47. The van der Waals surface area contributed by atoms with E-state index in [0.717, 1.165) is 16.4 Å². The molecule has 1 fully saturated rings. The molecule has 0 saturated carbocycles. The van der Waals surface area contributed by atoms with Crippen molar-refractivity contribution in [3.05, 3.63) is 29.6 Å². The highest BCUT2D eigenvalue weighted by atomic mass is 32.2. The summed E-state index contributed by atoms with van der Waals surface area (Å²) in [6.45, 7) is 0.417. The summed E-state index contributed by atoms with van der Waals surface area (Å²) in [7, 11) is -2.48. The molecule has 6 nitrogen and oxygen atoms in total. The predicted octanol–water partition coefficient (Wildman–Crippen LogP) is 0.933. The smallest absolute Gasteiger partial charge is 0.335 e. The zero-order valence-electron chi connectivity index (χ0n) is 10.7. The molecule has 0 amide bonds. The van der Waals surface area contributed by atoms with Gasteiger partial charge < -0.3 is 9.84 Å². The fourth-order valence-corrected chi connectivity index (χ4v) is 3.62. The van der Waals surface area contributed by atoms with Gasteiger partial charge in [-0.1, -0.05) is 0 Å². The van der Waals surface area contributed by atoms with Crippen LogP contribution in [0.5, 0.6) is 0 Å². The van der Waals surface area contributed by atoms with Gasteiger partial charge in [-0.15, -0.1) is 0 Å². The van der Waals surface area contributed by atoms with Crippen molar-refractivity contribution in [2.24, 2.45) is 0 Å². The molecule has 1 N–H and O–H groups in total. The SMILES string of the molecule is COC1CCN(S(=O)(=O)c2ccc(C(=O)O)cc2F)C1. The topological polar surface area (TPSA) is 83.9 Å². The Bertz CT molecular complexity index is 631. The summed E-state index contributed by atoms with van der Waals surface area (Å²) in [5.74, 6) is -2.38. The van der Waals surface area contributed by atoms with Gasteiger partial charge in [0.2, 0.25) is 10.0 Å². The molecule has 1 aromatic rings. The summed E-state index contributed by atoms with van der Waals surface area (Å²) < 4.78 is 44.6. The van der Waals surface area contributed by atoms with Crippen LogP contribution in [0.1, 0.15) is 16.8 Å². The van der Waals surface area contributed by atoms with E-state index in [1.165, 1.54) is 7.11 Å². The van der Waals surface area contributed by atoms with E-state index in [1.807, 2.05) is 0 Å². The van der Waals surface area contributed by atoms with Crippen LogP contribution in [0.4, 0.5) is 4.39 Å². The molecule has 1 aliphatic heterocycles. The molecule has 20 heavy (non-hydrogen) atoms. The lowest BCUT2D eigenvalue weighted by molar-refractivity contribution is 0.0696. The van der Waals surface area contributed by atoms with E-state index >= 15 is 0 Å². The molecule has 0 bridgehead atoms. The first kappa shape index (κ1) is 14.9. The predicted molar refractivity (Wildman–Crippen MR) is 67.5 cm³/mol. The lowest BCUT2D eigenvalue weighted by Gasteiger charge is -2.16. The van der Waals surface area contributed by atoms with E-state index in [2.05, 4.69) is 0 Å². The van der Waals surface area contributed by atoms with Crippen molar-refractivity contribution >= 4 is 16.0 Å². The highest BCUT2D eigenvalue weighted by Gasteiger charge is 2.34. The Morgan fingerprint density at radius 2 is 2.20 bits per heavy atom. The monoisotopic (exact) mass is 303 g/mol. The van der Waals surface area contributed by atoms with Gasteiger partial charge in [-0.2, -0.15) is 4.31 Å². The van der Waals surface area contributed by atoms with Crippen molar-refractivity contribution in [1.29, 1.82) is 0 Å². The van der Waals surface area contributed by atoms with E-state index in [9.17, 15) is 17.6 Å². The minimum Gasteiger partial charge on any atom is -0.478 e. The van der Waals surface area contributed by atoms with Crippen molar-refractivity contribution in [3.8, 4) is 0 Å². The van der Waals surface area contributed by atoms with Gasteiger partial charge in [0.05, 0.1) is 11.7 Å². The summed E-state index contributed by atoms with van der Waals surface area (Å²) in [6, 6.07) is 2.76. The molecule has 2 rings (SSSR count). The number of carboxylic acid groups (broad SMARTS) is 1. The molecule has 0 radical (unpaired) electrons. The van der Waals surface area contributed by atoms with Crippen LogP contribution < -0.4 is 0 Å². The Morgan fingerprint density at radius 1 is 1.50 bits per heavy atom. The van der Waals surface area contributed by atoms with Crippen LogP contribution in [0.2, 0.25) is 0 Å². The molecule has 110 valence electrons. The summed E-state index contributed by atoms with van der Waals surface area (Å²) in [5.41, 5.74) is -0.294. The van der Waals surface area contributed by atoms with Crippen LogP contribution in [0.3, 0.4) is 0 Å². The molecule has 0 aromatic heterocycles. The summed E-state index contributed by atoms with van der Waals surface area (Å²) in [6.07, 6.45) is 0.344. The first-order valence-corrected chi connectivity index (χ1v) is 7.36. The lowest BCUT2D eigenvalue weighted by Crippen LogP contribution is -2.30. The molecule has 1 aliphatic rings. The normalized spacial score (nSPS) is 20.2. The average molecular weight is 303 g/mol. The summed E-state index contributed by atoms with van der Waals surface area (Å²) >= 11 is 0. The third kappa shape index (κ3) is 2.67. The maximum absolute atomic E-state index is 13.8. The maximum Gasteiger partial charge on any atom is 0.335 e. The molecular formula is C12H14FNO5S. The van der Waals surface area contributed by atoms with Crippen molar-refractivity contribution < 1.29 is 27.4 Å². The lowest BCUT2D eigenvalue weighted by atomic mass is 10.2. The third-order valence-corrected chi connectivity index (χ3v) is 5.14. The van der Waals surface area contributed by atoms with Crippen LogP contribution >= 0.6 is 0 Å². The van der Waals surface area contributed by atoms with Crippen LogP contribution in [0, 0.1) is 5.82 Å². The van der Waals surface area contributed by atoms with Crippen molar-refractivity contribution in [2.75, 3.05) is 20.2 Å². The van der Waals surface area contributed by atoms with Gasteiger partial charge in [-0.05, 0) is 24.6 Å². The highest BCUT2D eigenvalue weighted by Crippen LogP contribution is 2.24. The number of hydrogen-bond acceptors (Lipinski definition) is 4. The number of aromatic carboxylic acids is 1. The third-order valence-electron chi connectivity index (χ3n) is 3.24. The Labute approximate surface area is 115 Å². The fraction of sp³-hybridized carbons (Fsp3) is 0.417. The highest BCUT2D eigenvalue weighted by molar-refractivity contribution is 7.89.